The summed E-state index contributed by atoms with van der Waals surface area (Å²) in [6.45, 7) is 5.72. The van der Waals surface area contributed by atoms with E-state index in [9.17, 15) is 14.7 Å². The van der Waals surface area contributed by atoms with Crippen LogP contribution in [0.3, 0.4) is 0 Å². The summed E-state index contributed by atoms with van der Waals surface area (Å²) in [7, 11) is 0. The predicted molar refractivity (Wildman–Crippen MR) is 69.0 cm³/mol. The van der Waals surface area contributed by atoms with E-state index in [0.717, 1.165) is 17.6 Å². The van der Waals surface area contributed by atoms with Crippen LogP contribution in [-0.4, -0.2) is 23.3 Å². The molecule has 1 N–H and O–H groups in total. The average molecular weight is 248 g/mol. The molecular weight excluding hydrogens is 228 g/mol. The molecule has 0 aromatic heterocycles. The van der Waals surface area contributed by atoms with Crippen molar-refractivity contribution in [3.63, 3.8) is 0 Å². The molecular formula is C15H20O3. The molecule has 0 aliphatic heterocycles. The van der Waals surface area contributed by atoms with E-state index in [0.29, 0.717) is 18.4 Å². The average Bonchev–Trinajstić information content (AvgIpc) is 2.33. The molecule has 0 spiro atoms. The van der Waals surface area contributed by atoms with Crippen molar-refractivity contribution in [2.24, 2.45) is 11.3 Å². The molecule has 0 amide bonds. The van der Waals surface area contributed by atoms with Gasteiger partial charge >= 0.3 is 0 Å². The van der Waals surface area contributed by atoms with Gasteiger partial charge in [-0.25, -0.2) is 0 Å². The molecule has 2 aliphatic carbocycles. The standard InChI is InChI=1S/C15H20O3/c1-9(8-16)11-6-12-10(2)13(17)4-5-15(12,3)7-14(11)18/h6,9,16H,4-5,7-8H2,1-3H3/t9-,15+/m0/s1. The summed E-state index contributed by atoms with van der Waals surface area (Å²) in [5.41, 5.74) is 2.28. The van der Waals surface area contributed by atoms with Gasteiger partial charge in [-0.05, 0) is 24.5 Å². The van der Waals surface area contributed by atoms with Gasteiger partial charge in [0, 0.05) is 36.4 Å². The fourth-order valence-corrected chi connectivity index (χ4v) is 2.99. The number of rotatable bonds is 2. The van der Waals surface area contributed by atoms with E-state index in [-0.39, 0.29) is 29.5 Å². The smallest absolute Gasteiger partial charge is 0.160 e. The third-order valence-corrected chi connectivity index (χ3v) is 4.35. The maximum Gasteiger partial charge on any atom is 0.160 e. The normalized spacial score (nSPS) is 30.1. The lowest BCUT2D eigenvalue weighted by molar-refractivity contribution is -0.120. The number of Topliss-reactive ketones (excluding diaryl/α,β-unsaturated/α-hetero) is 2. The van der Waals surface area contributed by atoms with Crippen LogP contribution in [0, 0.1) is 11.3 Å². The van der Waals surface area contributed by atoms with Crippen LogP contribution in [0.4, 0.5) is 0 Å². The molecule has 0 aromatic carbocycles. The number of hydrogen-bond donors (Lipinski definition) is 1. The first-order valence-electron chi connectivity index (χ1n) is 6.49. The van der Waals surface area contributed by atoms with Crippen LogP contribution in [0.25, 0.3) is 0 Å². The second-order valence-corrected chi connectivity index (χ2v) is 5.81. The number of ketones is 2. The van der Waals surface area contributed by atoms with Crippen molar-refractivity contribution in [3.8, 4) is 0 Å². The second kappa shape index (κ2) is 4.47. The van der Waals surface area contributed by atoms with Crippen LogP contribution in [0.15, 0.2) is 22.8 Å². The largest absolute Gasteiger partial charge is 0.396 e. The topological polar surface area (TPSA) is 54.4 Å². The van der Waals surface area contributed by atoms with Gasteiger partial charge < -0.3 is 5.11 Å². The Hall–Kier alpha value is -1.22. The minimum atomic E-state index is -0.187. The molecule has 98 valence electrons. The third kappa shape index (κ3) is 1.97. The zero-order valence-corrected chi connectivity index (χ0v) is 11.2. The van der Waals surface area contributed by atoms with E-state index < -0.39 is 0 Å². The van der Waals surface area contributed by atoms with Crippen LogP contribution >= 0.6 is 0 Å². The van der Waals surface area contributed by atoms with Crippen LogP contribution in [0.5, 0.6) is 0 Å². The minimum absolute atomic E-state index is 0.0332. The number of allylic oxidation sites excluding steroid dienone is 3. The molecule has 2 rings (SSSR count). The fourth-order valence-electron chi connectivity index (χ4n) is 2.99. The quantitative estimate of drug-likeness (QED) is 0.815. The van der Waals surface area contributed by atoms with Crippen LogP contribution in [-0.2, 0) is 9.59 Å². The zero-order valence-electron chi connectivity index (χ0n) is 11.2. The van der Waals surface area contributed by atoms with Gasteiger partial charge in [-0.2, -0.15) is 0 Å². The summed E-state index contributed by atoms with van der Waals surface area (Å²) >= 11 is 0. The molecule has 3 nitrogen and oxygen atoms in total. The highest BCUT2D eigenvalue weighted by Gasteiger charge is 2.41. The molecule has 0 fully saturated rings. The lowest BCUT2D eigenvalue weighted by Gasteiger charge is -2.39. The van der Waals surface area contributed by atoms with Gasteiger partial charge in [0.05, 0.1) is 0 Å². The Morgan fingerprint density at radius 3 is 2.67 bits per heavy atom. The Labute approximate surface area is 108 Å². The Kier molecular flexibility index (Phi) is 3.28. The second-order valence-electron chi connectivity index (χ2n) is 5.81. The van der Waals surface area contributed by atoms with Gasteiger partial charge in [-0.1, -0.05) is 19.9 Å². The van der Waals surface area contributed by atoms with Crippen LogP contribution in [0.2, 0.25) is 0 Å². The van der Waals surface area contributed by atoms with Crippen molar-refractivity contribution in [1.82, 2.24) is 0 Å². The molecule has 0 heterocycles. The highest BCUT2D eigenvalue weighted by atomic mass is 16.3. The number of aliphatic hydroxyl groups is 1. The Balaban J connectivity index is 2.53. The van der Waals surface area contributed by atoms with Gasteiger partial charge in [-0.3, -0.25) is 9.59 Å². The Morgan fingerprint density at radius 2 is 2.06 bits per heavy atom. The van der Waals surface area contributed by atoms with E-state index in [1.54, 1.807) is 0 Å². The summed E-state index contributed by atoms with van der Waals surface area (Å²) in [4.78, 5) is 24.0. The summed E-state index contributed by atoms with van der Waals surface area (Å²) < 4.78 is 0. The monoisotopic (exact) mass is 248 g/mol. The molecule has 3 heteroatoms. The summed E-state index contributed by atoms with van der Waals surface area (Å²) in [6, 6.07) is 0. The molecule has 0 unspecified atom stereocenters. The third-order valence-electron chi connectivity index (χ3n) is 4.35. The first-order chi connectivity index (χ1) is 8.39. The summed E-state index contributed by atoms with van der Waals surface area (Å²) in [5, 5.41) is 9.21. The van der Waals surface area contributed by atoms with Gasteiger partial charge in [0.1, 0.15) is 0 Å². The fraction of sp³-hybridized carbons (Fsp3) is 0.600. The number of carbonyl (C=O) groups excluding carboxylic acids is 2. The number of hydrogen-bond acceptors (Lipinski definition) is 3. The van der Waals surface area contributed by atoms with Crippen molar-refractivity contribution in [2.45, 2.75) is 40.0 Å². The van der Waals surface area contributed by atoms with Crippen molar-refractivity contribution in [3.05, 3.63) is 22.8 Å². The minimum Gasteiger partial charge on any atom is -0.396 e. The number of aliphatic hydroxyl groups excluding tert-OH is 1. The van der Waals surface area contributed by atoms with Gasteiger partial charge in [0.15, 0.2) is 11.6 Å². The first-order valence-corrected chi connectivity index (χ1v) is 6.49. The van der Waals surface area contributed by atoms with Crippen LogP contribution < -0.4 is 0 Å². The molecule has 0 radical (unpaired) electrons. The molecule has 2 aliphatic rings. The van der Waals surface area contributed by atoms with Gasteiger partial charge in [-0.15, -0.1) is 0 Å². The Bertz CT molecular complexity index is 470. The maximum atomic E-state index is 12.2. The summed E-state index contributed by atoms with van der Waals surface area (Å²) in [5.74, 6) is 0.147. The molecule has 0 aromatic rings. The lowest BCUT2D eigenvalue weighted by atomic mass is 9.63. The molecule has 0 bridgehead atoms. The Morgan fingerprint density at radius 1 is 1.39 bits per heavy atom. The van der Waals surface area contributed by atoms with Crippen LogP contribution in [0.1, 0.15) is 40.0 Å². The van der Waals surface area contributed by atoms with Gasteiger partial charge in [0.25, 0.3) is 0 Å². The van der Waals surface area contributed by atoms with E-state index in [1.807, 2.05) is 19.9 Å². The van der Waals surface area contributed by atoms with E-state index in [2.05, 4.69) is 6.92 Å². The van der Waals surface area contributed by atoms with E-state index in [4.69, 9.17) is 0 Å². The molecule has 0 saturated heterocycles. The van der Waals surface area contributed by atoms with Crippen molar-refractivity contribution in [2.75, 3.05) is 6.61 Å². The zero-order chi connectivity index (χ0) is 13.5. The van der Waals surface area contributed by atoms with Crippen molar-refractivity contribution < 1.29 is 14.7 Å². The molecule has 2 atom stereocenters. The lowest BCUT2D eigenvalue weighted by Crippen LogP contribution is -2.35. The molecule has 0 saturated carbocycles. The maximum absolute atomic E-state index is 12.2. The van der Waals surface area contributed by atoms with Crippen molar-refractivity contribution in [1.29, 1.82) is 0 Å². The summed E-state index contributed by atoms with van der Waals surface area (Å²) in [6.07, 6.45) is 3.61. The SMILES string of the molecule is CC1=C2C=C([C@@H](C)CO)C(=O)C[C@@]2(C)CCC1=O. The predicted octanol–water partition coefficient (Wildman–Crippen LogP) is 2.20. The van der Waals surface area contributed by atoms with Crippen molar-refractivity contribution >= 4 is 11.6 Å². The number of carbonyl (C=O) groups is 2. The van der Waals surface area contributed by atoms with Gasteiger partial charge in [0.2, 0.25) is 0 Å². The highest BCUT2D eigenvalue weighted by Crippen LogP contribution is 2.47. The molecule has 18 heavy (non-hydrogen) atoms. The van der Waals surface area contributed by atoms with E-state index >= 15 is 0 Å². The van der Waals surface area contributed by atoms with E-state index in [1.165, 1.54) is 0 Å². The first kappa shape index (κ1) is 13.2. The number of fused-ring (bicyclic) bond motifs is 1. The highest BCUT2D eigenvalue weighted by molar-refractivity contribution is 6.02.